The highest BCUT2D eigenvalue weighted by molar-refractivity contribution is 7.16. The molecule has 22 heavy (non-hydrogen) atoms. The van der Waals surface area contributed by atoms with Crippen molar-refractivity contribution in [3.8, 4) is 11.8 Å². The molecule has 0 saturated carbocycles. The van der Waals surface area contributed by atoms with Crippen molar-refractivity contribution >= 4 is 28.3 Å². The topological polar surface area (TPSA) is 62.1 Å². The normalized spacial score (nSPS) is 10.5. The van der Waals surface area contributed by atoms with Crippen LogP contribution in [-0.4, -0.2) is 13.0 Å². The second-order valence-corrected chi connectivity index (χ2v) is 5.92. The fraction of sp³-hybridized carbons (Fsp3) is 0.176. The molecule has 0 bridgehead atoms. The highest BCUT2D eigenvalue weighted by atomic mass is 32.1. The summed E-state index contributed by atoms with van der Waals surface area (Å²) < 4.78 is 5.08. The Hall–Kier alpha value is -2.58. The van der Waals surface area contributed by atoms with Gasteiger partial charge in [0, 0.05) is 11.0 Å². The lowest BCUT2D eigenvalue weighted by Gasteiger charge is -2.00. The van der Waals surface area contributed by atoms with E-state index in [-0.39, 0.29) is 5.91 Å². The molecule has 0 spiro atoms. The lowest BCUT2D eigenvalue weighted by molar-refractivity contribution is -0.111. The fourth-order valence-corrected chi connectivity index (χ4v) is 2.90. The lowest BCUT2D eigenvalue weighted by Crippen LogP contribution is -2.07. The standard InChI is InChI=1S/C17H16N2O2S/c1-11-12(2)22-17(15(11)10-18)19-16(20)9-6-13-4-7-14(21-3)8-5-13/h4-9H,1-3H3,(H,19,20). The van der Waals surface area contributed by atoms with Gasteiger partial charge in [0.1, 0.15) is 16.8 Å². The summed E-state index contributed by atoms with van der Waals surface area (Å²) in [6, 6.07) is 9.52. The van der Waals surface area contributed by atoms with Crippen molar-refractivity contribution in [2.24, 2.45) is 0 Å². The molecule has 1 heterocycles. The van der Waals surface area contributed by atoms with Gasteiger partial charge in [-0.3, -0.25) is 4.79 Å². The van der Waals surface area contributed by atoms with E-state index < -0.39 is 0 Å². The Balaban J connectivity index is 2.08. The molecular formula is C17H16N2O2S. The third-order valence-electron chi connectivity index (χ3n) is 3.28. The number of anilines is 1. The Morgan fingerprint density at radius 3 is 2.59 bits per heavy atom. The largest absolute Gasteiger partial charge is 0.497 e. The Labute approximate surface area is 133 Å². The molecule has 112 valence electrons. The van der Waals surface area contributed by atoms with Crippen LogP contribution in [0.15, 0.2) is 30.3 Å². The number of benzene rings is 1. The zero-order valence-corrected chi connectivity index (χ0v) is 13.5. The second-order valence-electron chi connectivity index (χ2n) is 4.69. The molecule has 0 saturated heterocycles. The maximum absolute atomic E-state index is 12.0. The first-order valence-electron chi connectivity index (χ1n) is 6.68. The lowest BCUT2D eigenvalue weighted by atomic mass is 10.2. The summed E-state index contributed by atoms with van der Waals surface area (Å²) in [5.74, 6) is 0.512. The number of hydrogen-bond acceptors (Lipinski definition) is 4. The van der Waals surface area contributed by atoms with Crippen LogP contribution >= 0.6 is 11.3 Å². The van der Waals surface area contributed by atoms with Gasteiger partial charge in [0.05, 0.1) is 12.7 Å². The maximum Gasteiger partial charge on any atom is 0.249 e. The van der Waals surface area contributed by atoms with E-state index in [4.69, 9.17) is 10.00 Å². The first-order valence-corrected chi connectivity index (χ1v) is 7.50. The van der Waals surface area contributed by atoms with Gasteiger partial charge in [0.25, 0.3) is 0 Å². The third kappa shape index (κ3) is 3.54. The van der Waals surface area contributed by atoms with Gasteiger partial charge < -0.3 is 10.1 Å². The molecule has 2 aromatic rings. The van der Waals surface area contributed by atoms with Crippen LogP contribution in [-0.2, 0) is 4.79 Å². The summed E-state index contributed by atoms with van der Waals surface area (Å²) in [5.41, 5.74) is 2.35. The van der Waals surface area contributed by atoms with Gasteiger partial charge in [-0.1, -0.05) is 12.1 Å². The molecule has 1 N–H and O–H groups in total. The monoisotopic (exact) mass is 312 g/mol. The number of rotatable bonds is 4. The second kappa shape index (κ2) is 6.92. The average Bonchev–Trinajstić information content (AvgIpc) is 2.79. The highest BCUT2D eigenvalue weighted by Gasteiger charge is 2.13. The van der Waals surface area contributed by atoms with Crippen LogP contribution in [0.4, 0.5) is 5.00 Å². The maximum atomic E-state index is 12.0. The van der Waals surface area contributed by atoms with Crippen LogP contribution in [0, 0.1) is 25.2 Å². The zero-order chi connectivity index (χ0) is 16.1. The quantitative estimate of drug-likeness (QED) is 0.871. The molecule has 0 aliphatic heterocycles. The van der Waals surface area contributed by atoms with Crippen molar-refractivity contribution in [1.82, 2.24) is 0 Å². The van der Waals surface area contributed by atoms with Crippen molar-refractivity contribution in [3.63, 3.8) is 0 Å². The van der Waals surface area contributed by atoms with E-state index in [0.717, 1.165) is 21.8 Å². The Morgan fingerprint density at radius 1 is 1.32 bits per heavy atom. The first kappa shape index (κ1) is 15.8. The number of nitrogens with one attached hydrogen (secondary N) is 1. The van der Waals surface area contributed by atoms with E-state index in [1.165, 1.54) is 17.4 Å². The third-order valence-corrected chi connectivity index (χ3v) is 4.40. The van der Waals surface area contributed by atoms with E-state index in [2.05, 4.69) is 11.4 Å². The summed E-state index contributed by atoms with van der Waals surface area (Å²) >= 11 is 1.42. The van der Waals surface area contributed by atoms with E-state index in [0.29, 0.717) is 10.6 Å². The molecular weight excluding hydrogens is 296 g/mol. The van der Waals surface area contributed by atoms with Gasteiger partial charge in [-0.05, 0) is 43.2 Å². The average molecular weight is 312 g/mol. The molecule has 0 aliphatic carbocycles. The van der Waals surface area contributed by atoms with Gasteiger partial charge >= 0.3 is 0 Å². The van der Waals surface area contributed by atoms with Gasteiger partial charge in [-0.25, -0.2) is 0 Å². The summed E-state index contributed by atoms with van der Waals surface area (Å²) in [5, 5.41) is 12.5. The van der Waals surface area contributed by atoms with Crippen LogP contribution < -0.4 is 10.1 Å². The fourth-order valence-electron chi connectivity index (χ4n) is 1.89. The minimum Gasteiger partial charge on any atom is -0.497 e. The molecule has 1 amide bonds. The van der Waals surface area contributed by atoms with Gasteiger partial charge in [-0.15, -0.1) is 11.3 Å². The van der Waals surface area contributed by atoms with Crippen LogP contribution in [0.3, 0.4) is 0 Å². The number of carbonyl (C=O) groups excluding carboxylic acids is 1. The number of amides is 1. The molecule has 5 heteroatoms. The smallest absolute Gasteiger partial charge is 0.249 e. The summed E-state index contributed by atoms with van der Waals surface area (Å²) in [6.45, 7) is 3.82. The molecule has 0 unspecified atom stereocenters. The van der Waals surface area contributed by atoms with E-state index in [1.54, 1.807) is 13.2 Å². The Kier molecular flexibility index (Phi) is 4.97. The number of carbonyl (C=O) groups is 1. The number of ether oxygens (including phenoxy) is 1. The number of hydrogen-bond donors (Lipinski definition) is 1. The van der Waals surface area contributed by atoms with Crippen molar-refractivity contribution in [2.45, 2.75) is 13.8 Å². The van der Waals surface area contributed by atoms with Crippen LogP contribution in [0.1, 0.15) is 21.6 Å². The summed E-state index contributed by atoms with van der Waals surface area (Å²) in [6.07, 6.45) is 3.17. The molecule has 2 rings (SSSR count). The van der Waals surface area contributed by atoms with Crippen molar-refractivity contribution in [3.05, 3.63) is 51.9 Å². The van der Waals surface area contributed by atoms with Crippen molar-refractivity contribution < 1.29 is 9.53 Å². The Morgan fingerprint density at radius 2 is 2.00 bits per heavy atom. The summed E-state index contributed by atoms with van der Waals surface area (Å²) in [7, 11) is 1.61. The van der Waals surface area contributed by atoms with Crippen LogP contribution in [0.25, 0.3) is 6.08 Å². The van der Waals surface area contributed by atoms with E-state index >= 15 is 0 Å². The molecule has 4 nitrogen and oxygen atoms in total. The minimum atomic E-state index is -0.256. The first-order chi connectivity index (χ1) is 10.5. The minimum absolute atomic E-state index is 0.256. The molecule has 1 aromatic carbocycles. The molecule has 0 aliphatic rings. The van der Waals surface area contributed by atoms with E-state index in [1.807, 2.05) is 38.1 Å². The summed E-state index contributed by atoms with van der Waals surface area (Å²) in [4.78, 5) is 13.0. The molecule has 0 radical (unpaired) electrons. The van der Waals surface area contributed by atoms with Crippen molar-refractivity contribution in [2.75, 3.05) is 12.4 Å². The zero-order valence-electron chi connectivity index (χ0n) is 12.6. The van der Waals surface area contributed by atoms with E-state index in [9.17, 15) is 4.79 Å². The van der Waals surface area contributed by atoms with Gasteiger partial charge in [0.2, 0.25) is 5.91 Å². The number of aryl methyl sites for hydroxylation is 1. The number of thiophene rings is 1. The molecule has 0 fully saturated rings. The number of methoxy groups -OCH3 is 1. The predicted molar refractivity (Wildman–Crippen MR) is 89.2 cm³/mol. The van der Waals surface area contributed by atoms with Crippen LogP contribution in [0.5, 0.6) is 5.75 Å². The number of nitrogens with zero attached hydrogens (tertiary/aromatic N) is 1. The van der Waals surface area contributed by atoms with Crippen LogP contribution in [0.2, 0.25) is 0 Å². The number of nitriles is 1. The van der Waals surface area contributed by atoms with Crippen molar-refractivity contribution in [1.29, 1.82) is 5.26 Å². The molecule has 1 aromatic heterocycles. The van der Waals surface area contributed by atoms with Gasteiger partial charge in [-0.2, -0.15) is 5.26 Å². The Bertz CT molecular complexity index is 752. The van der Waals surface area contributed by atoms with Gasteiger partial charge in [0.15, 0.2) is 0 Å². The SMILES string of the molecule is COc1ccc(C=CC(=O)Nc2sc(C)c(C)c2C#N)cc1. The highest BCUT2D eigenvalue weighted by Crippen LogP contribution is 2.31. The molecule has 0 atom stereocenters. The predicted octanol–water partition coefficient (Wildman–Crippen LogP) is 3.90.